The van der Waals surface area contributed by atoms with Crippen molar-refractivity contribution >= 4 is 0 Å². The molecule has 1 aromatic heterocycles. The van der Waals surface area contributed by atoms with Crippen LogP contribution in [0.2, 0.25) is 0 Å². The molecule has 1 heterocycles. The van der Waals surface area contributed by atoms with Gasteiger partial charge in [-0.3, -0.25) is 0 Å². The minimum absolute atomic E-state index is 0.357. The van der Waals surface area contributed by atoms with E-state index in [4.69, 9.17) is 5.26 Å². The molecule has 3 nitrogen and oxygen atoms in total. The van der Waals surface area contributed by atoms with Crippen molar-refractivity contribution in [3.63, 3.8) is 0 Å². The SMILES string of the molecule is N#CCc1c[n+](Cc2ccccc2)ccn1. The van der Waals surface area contributed by atoms with E-state index in [0.29, 0.717) is 6.42 Å². The molecule has 16 heavy (non-hydrogen) atoms. The molecule has 1 aromatic carbocycles. The number of hydrogen-bond donors (Lipinski definition) is 0. The molecule has 0 unspecified atom stereocenters. The first-order chi connectivity index (χ1) is 7.88. The molecule has 0 amide bonds. The summed E-state index contributed by atoms with van der Waals surface area (Å²) >= 11 is 0. The predicted octanol–water partition coefficient (Wildman–Crippen LogP) is 1.48. The molecule has 0 spiro atoms. The molecule has 0 saturated heterocycles. The van der Waals surface area contributed by atoms with Crippen molar-refractivity contribution in [2.45, 2.75) is 13.0 Å². The van der Waals surface area contributed by atoms with Gasteiger partial charge in [-0.1, -0.05) is 30.3 Å². The van der Waals surface area contributed by atoms with Gasteiger partial charge < -0.3 is 0 Å². The van der Waals surface area contributed by atoms with E-state index in [1.807, 2.05) is 35.2 Å². The highest BCUT2D eigenvalue weighted by Crippen LogP contribution is 1.97. The Morgan fingerprint density at radius 1 is 1.25 bits per heavy atom. The summed E-state index contributed by atoms with van der Waals surface area (Å²) in [5, 5.41) is 8.60. The summed E-state index contributed by atoms with van der Waals surface area (Å²) in [5.74, 6) is 0. The monoisotopic (exact) mass is 210 g/mol. The first kappa shape index (κ1) is 10.3. The van der Waals surface area contributed by atoms with Crippen LogP contribution in [0.5, 0.6) is 0 Å². The Kier molecular flexibility index (Phi) is 3.25. The van der Waals surface area contributed by atoms with Crippen LogP contribution in [0, 0.1) is 11.3 Å². The van der Waals surface area contributed by atoms with E-state index in [-0.39, 0.29) is 0 Å². The van der Waals surface area contributed by atoms with Crippen LogP contribution in [0.4, 0.5) is 0 Å². The van der Waals surface area contributed by atoms with E-state index in [1.54, 1.807) is 6.20 Å². The largest absolute Gasteiger partial charge is 0.248 e. The number of rotatable bonds is 3. The average Bonchev–Trinajstić information content (AvgIpc) is 2.31. The molecule has 0 bridgehead atoms. The Morgan fingerprint density at radius 3 is 2.81 bits per heavy atom. The first-order valence-electron chi connectivity index (χ1n) is 5.13. The lowest BCUT2D eigenvalue weighted by molar-refractivity contribution is -0.689. The van der Waals surface area contributed by atoms with Crippen LogP contribution in [-0.2, 0) is 13.0 Å². The van der Waals surface area contributed by atoms with E-state index in [1.165, 1.54) is 5.56 Å². The Morgan fingerprint density at radius 2 is 2.06 bits per heavy atom. The normalized spacial score (nSPS) is 9.69. The van der Waals surface area contributed by atoms with Crippen molar-refractivity contribution < 1.29 is 4.57 Å². The Bertz CT molecular complexity index is 500. The summed E-state index contributed by atoms with van der Waals surface area (Å²) in [4.78, 5) is 4.13. The molecule has 0 N–H and O–H groups in total. The predicted molar refractivity (Wildman–Crippen MR) is 59.3 cm³/mol. The average molecular weight is 210 g/mol. The number of benzene rings is 1. The summed E-state index contributed by atoms with van der Waals surface area (Å²) in [6, 6.07) is 12.3. The molecule has 0 saturated carbocycles. The highest BCUT2D eigenvalue weighted by molar-refractivity contribution is 5.13. The number of hydrogen-bond acceptors (Lipinski definition) is 2. The van der Waals surface area contributed by atoms with Gasteiger partial charge in [-0.2, -0.15) is 9.83 Å². The molecule has 2 rings (SSSR count). The van der Waals surface area contributed by atoms with Gasteiger partial charge in [0.2, 0.25) is 0 Å². The third-order valence-electron chi connectivity index (χ3n) is 2.28. The topological polar surface area (TPSA) is 40.6 Å². The van der Waals surface area contributed by atoms with Crippen LogP contribution in [0.3, 0.4) is 0 Å². The van der Waals surface area contributed by atoms with Crippen LogP contribution in [0.25, 0.3) is 0 Å². The second-order valence-corrected chi connectivity index (χ2v) is 3.54. The zero-order valence-corrected chi connectivity index (χ0v) is 8.87. The summed E-state index contributed by atoms with van der Waals surface area (Å²) in [7, 11) is 0. The van der Waals surface area contributed by atoms with Crippen LogP contribution in [0.1, 0.15) is 11.3 Å². The first-order valence-corrected chi connectivity index (χ1v) is 5.13. The Balaban J connectivity index is 2.16. The van der Waals surface area contributed by atoms with Crippen molar-refractivity contribution in [1.82, 2.24) is 4.98 Å². The second kappa shape index (κ2) is 5.04. The highest BCUT2D eigenvalue weighted by atomic mass is 15.0. The fourth-order valence-corrected chi connectivity index (χ4v) is 1.55. The van der Waals surface area contributed by atoms with Gasteiger partial charge in [-0.05, 0) is 0 Å². The van der Waals surface area contributed by atoms with Crippen LogP contribution in [0.15, 0.2) is 48.9 Å². The van der Waals surface area contributed by atoms with Crippen LogP contribution < -0.4 is 4.57 Å². The van der Waals surface area contributed by atoms with Gasteiger partial charge in [-0.25, -0.2) is 4.98 Å². The van der Waals surface area contributed by atoms with Crippen molar-refractivity contribution in [3.8, 4) is 6.07 Å². The summed E-state index contributed by atoms with van der Waals surface area (Å²) in [5.41, 5.74) is 2.04. The molecule has 0 aliphatic heterocycles. The van der Waals surface area contributed by atoms with Gasteiger partial charge in [0.25, 0.3) is 0 Å². The molecule has 0 fully saturated rings. The van der Waals surface area contributed by atoms with Gasteiger partial charge in [-0.15, -0.1) is 0 Å². The van der Waals surface area contributed by atoms with E-state index in [2.05, 4.69) is 23.2 Å². The molecule has 0 radical (unpaired) electrons. The lowest BCUT2D eigenvalue weighted by Crippen LogP contribution is -2.34. The lowest BCUT2D eigenvalue weighted by atomic mass is 10.2. The van der Waals surface area contributed by atoms with Crippen molar-refractivity contribution in [2.75, 3.05) is 0 Å². The zero-order valence-electron chi connectivity index (χ0n) is 8.87. The van der Waals surface area contributed by atoms with Crippen LogP contribution in [-0.4, -0.2) is 4.98 Å². The maximum Gasteiger partial charge on any atom is 0.191 e. The summed E-state index contributed by atoms with van der Waals surface area (Å²) in [6.45, 7) is 0.807. The summed E-state index contributed by atoms with van der Waals surface area (Å²) in [6.07, 6.45) is 5.91. The molecule has 0 aliphatic carbocycles. The minimum Gasteiger partial charge on any atom is -0.248 e. The minimum atomic E-state index is 0.357. The molecule has 78 valence electrons. The third kappa shape index (κ3) is 2.64. The second-order valence-electron chi connectivity index (χ2n) is 3.54. The van der Waals surface area contributed by atoms with Gasteiger partial charge in [0.15, 0.2) is 18.9 Å². The fourth-order valence-electron chi connectivity index (χ4n) is 1.55. The molecule has 3 heteroatoms. The Hall–Kier alpha value is -2.21. The molecule has 2 aromatic rings. The van der Waals surface area contributed by atoms with Crippen molar-refractivity contribution in [3.05, 3.63) is 60.2 Å². The number of aromatic nitrogens is 2. The smallest absolute Gasteiger partial charge is 0.191 e. The summed E-state index contributed by atoms with van der Waals surface area (Å²) < 4.78 is 2.04. The van der Waals surface area contributed by atoms with Crippen molar-refractivity contribution in [1.29, 1.82) is 5.26 Å². The van der Waals surface area contributed by atoms with Crippen LogP contribution >= 0.6 is 0 Å². The van der Waals surface area contributed by atoms with E-state index >= 15 is 0 Å². The lowest BCUT2D eigenvalue weighted by Gasteiger charge is -1.98. The molecular formula is C13H12N3+. The van der Waals surface area contributed by atoms with Gasteiger partial charge in [0, 0.05) is 5.56 Å². The van der Waals surface area contributed by atoms with Gasteiger partial charge in [0.05, 0.1) is 18.7 Å². The molecule has 0 aliphatic rings. The maximum absolute atomic E-state index is 8.60. The van der Waals surface area contributed by atoms with E-state index in [9.17, 15) is 0 Å². The van der Waals surface area contributed by atoms with Gasteiger partial charge >= 0.3 is 0 Å². The van der Waals surface area contributed by atoms with Gasteiger partial charge in [0.1, 0.15) is 5.69 Å². The molecular weight excluding hydrogens is 198 g/mol. The molecule has 0 atom stereocenters. The van der Waals surface area contributed by atoms with Crippen molar-refractivity contribution in [2.24, 2.45) is 0 Å². The quantitative estimate of drug-likeness (QED) is 0.720. The number of nitrogens with zero attached hydrogens (tertiary/aromatic N) is 3. The number of nitriles is 1. The van der Waals surface area contributed by atoms with E-state index in [0.717, 1.165) is 12.2 Å². The highest BCUT2D eigenvalue weighted by Gasteiger charge is 2.04. The fraction of sp³-hybridized carbons (Fsp3) is 0.154. The maximum atomic E-state index is 8.60. The standard InChI is InChI=1S/C13H12N3/c14-7-6-13-11-16(9-8-15-13)10-12-4-2-1-3-5-12/h1-5,8-9,11H,6,10H2/q+1. The third-order valence-corrected chi connectivity index (χ3v) is 2.28. The Labute approximate surface area is 94.6 Å². The zero-order chi connectivity index (χ0) is 11.2. The van der Waals surface area contributed by atoms with E-state index < -0.39 is 0 Å².